The van der Waals surface area contributed by atoms with E-state index in [0.29, 0.717) is 34.9 Å². The molecule has 7 aromatic rings. The Balaban J connectivity index is 0.000000149. The molecule has 10 rings (SSSR count). The third kappa shape index (κ3) is 10.2. The van der Waals surface area contributed by atoms with Gasteiger partial charge in [-0.05, 0) is 92.8 Å². The van der Waals surface area contributed by atoms with Crippen molar-refractivity contribution in [3.8, 4) is 0 Å². The zero-order valence-corrected chi connectivity index (χ0v) is 32.1. The molecule has 0 spiro atoms. The Morgan fingerprint density at radius 3 is 1.65 bits per heavy atom. The molecule has 3 saturated carbocycles. The molecule has 3 fully saturated rings. The number of rotatable bonds is 6. The van der Waals surface area contributed by atoms with Crippen LogP contribution in [0.3, 0.4) is 0 Å². The zero-order chi connectivity index (χ0) is 36.0. The SMILES string of the molecule is C.Clc1nc(Cl)c2cc[nH]c2n1.Clc1nc(NC2CCC2)c2cc[nH]c2n1.Cn1cc(Nc2nc(NC3CCC3)c3cc[nH]c3n2)cn1.NC1CCC1.[SH-]. The lowest BCUT2D eigenvalue weighted by atomic mass is 9.93. The smallest absolute Gasteiger partial charge is 0.231 e. The van der Waals surface area contributed by atoms with Gasteiger partial charge in [-0.15, -0.1) is 0 Å². The highest BCUT2D eigenvalue weighted by atomic mass is 35.5. The Labute approximate surface area is 334 Å². The molecule has 54 heavy (non-hydrogen) atoms. The Hall–Kier alpha value is -4.35. The van der Waals surface area contributed by atoms with Gasteiger partial charge in [0.25, 0.3) is 0 Å². The lowest BCUT2D eigenvalue weighted by Crippen LogP contribution is -2.27. The topological polar surface area (TPSA) is 205 Å². The summed E-state index contributed by atoms with van der Waals surface area (Å²) in [5, 5.41) is 17.9. The van der Waals surface area contributed by atoms with E-state index in [1.165, 1.54) is 57.8 Å². The Bertz CT molecular complexity index is 2240. The minimum atomic E-state index is 0. The maximum Gasteiger partial charge on any atom is 0.231 e. The van der Waals surface area contributed by atoms with E-state index in [2.05, 4.69) is 65.9 Å². The summed E-state index contributed by atoms with van der Waals surface area (Å²) >= 11 is 17.1. The molecule has 288 valence electrons. The number of aromatic amines is 3. The summed E-state index contributed by atoms with van der Waals surface area (Å²) in [6.07, 6.45) is 20.4. The summed E-state index contributed by atoms with van der Waals surface area (Å²) in [6, 6.07) is 7.42. The minimum absolute atomic E-state index is 0. The average molecular weight is 814 g/mol. The molecule has 0 bridgehead atoms. The quantitative estimate of drug-likeness (QED) is 0.0368. The molecule has 7 aromatic heterocycles. The van der Waals surface area contributed by atoms with Crippen LogP contribution < -0.4 is 21.7 Å². The van der Waals surface area contributed by atoms with Crippen molar-refractivity contribution in [3.05, 3.63) is 64.9 Å². The molecular weight excluding hydrogens is 769 g/mol. The normalized spacial score (nSPS) is 15.1. The van der Waals surface area contributed by atoms with Crippen LogP contribution >= 0.6 is 34.8 Å². The van der Waals surface area contributed by atoms with Gasteiger partial charge in [-0.3, -0.25) is 4.68 Å². The highest BCUT2D eigenvalue weighted by Gasteiger charge is 2.20. The average Bonchev–Trinajstić information content (AvgIpc) is 3.89. The Morgan fingerprint density at radius 1 is 0.685 bits per heavy atom. The van der Waals surface area contributed by atoms with Gasteiger partial charge in [-0.1, -0.05) is 25.4 Å². The number of halogens is 3. The van der Waals surface area contributed by atoms with Gasteiger partial charge in [0.05, 0.1) is 28.0 Å². The van der Waals surface area contributed by atoms with Crippen molar-refractivity contribution in [1.29, 1.82) is 0 Å². The van der Waals surface area contributed by atoms with Crippen molar-refractivity contribution in [1.82, 2.24) is 54.6 Å². The van der Waals surface area contributed by atoms with Crippen molar-refractivity contribution in [2.24, 2.45) is 12.8 Å². The summed E-state index contributed by atoms with van der Waals surface area (Å²) < 4.78 is 1.74. The molecule has 3 aliphatic rings. The molecule has 8 N–H and O–H groups in total. The monoisotopic (exact) mass is 812 g/mol. The van der Waals surface area contributed by atoms with Crippen molar-refractivity contribution >= 4 is 105 Å². The maximum atomic E-state index is 5.84. The number of hydrogen-bond donors (Lipinski definition) is 7. The van der Waals surface area contributed by atoms with E-state index in [4.69, 9.17) is 40.5 Å². The summed E-state index contributed by atoms with van der Waals surface area (Å²) in [6.45, 7) is 0. The second-order valence-corrected chi connectivity index (χ2v) is 14.0. The molecule has 0 aliphatic heterocycles. The molecule has 3 aliphatic carbocycles. The number of H-pyrrole nitrogens is 3. The third-order valence-corrected chi connectivity index (χ3v) is 9.78. The van der Waals surface area contributed by atoms with Gasteiger partial charge in [0.1, 0.15) is 33.7 Å². The lowest BCUT2D eigenvalue weighted by Gasteiger charge is -2.27. The number of aryl methyl sites for hydroxylation is 1. The summed E-state index contributed by atoms with van der Waals surface area (Å²) in [4.78, 5) is 34.2. The zero-order valence-electron chi connectivity index (χ0n) is 29.0. The van der Waals surface area contributed by atoms with Gasteiger partial charge in [0.2, 0.25) is 16.5 Å². The van der Waals surface area contributed by atoms with E-state index in [1.807, 2.05) is 37.8 Å². The molecule has 19 heteroatoms. The van der Waals surface area contributed by atoms with E-state index in [0.717, 1.165) is 44.8 Å². The number of fused-ring (bicyclic) bond motifs is 3. The number of anilines is 4. The van der Waals surface area contributed by atoms with Gasteiger partial charge >= 0.3 is 0 Å². The standard InChI is InChI=1S/C14H17N7.C10H11ClN4.C6H3Cl2N3.C4H9N.CH4.H2S/c1-21-8-10(7-16-21)18-14-19-12-11(5-6-15-12)13(20-14)17-9-3-2-4-9;11-10-14-8-7(4-5-12-8)9(15-10)13-6-2-1-3-6;7-4-3-1-2-9-5(3)11-6(8)10-4;5-4-2-1-3-4;;/h5-9H,2-4H2,1H3,(H3,15,17,18,19,20);4-6H,1-3H2,(H2,12,13,14,15);1-2H,(H,9,10,11);4H,1-3,5H2;1H4;1H2/p-1. The fourth-order valence-corrected chi connectivity index (χ4v) is 6.17. The van der Waals surface area contributed by atoms with E-state index >= 15 is 0 Å². The molecule has 0 amide bonds. The second-order valence-electron chi connectivity index (χ2n) is 13.0. The fraction of sp³-hybridized carbons (Fsp3) is 0.400. The number of hydrogen-bond acceptors (Lipinski definition) is 12. The van der Waals surface area contributed by atoms with E-state index in [1.54, 1.807) is 23.1 Å². The largest absolute Gasteiger partial charge is 0.813 e. The summed E-state index contributed by atoms with van der Waals surface area (Å²) in [5.41, 5.74) is 8.53. The first-order chi connectivity index (χ1) is 25.3. The van der Waals surface area contributed by atoms with Crippen molar-refractivity contribution in [2.45, 2.75) is 83.3 Å². The van der Waals surface area contributed by atoms with Gasteiger partial charge in [-0.25, -0.2) is 9.97 Å². The molecular formula is C35H45Cl3N15S-. The van der Waals surface area contributed by atoms with Crippen LogP contribution in [0, 0.1) is 0 Å². The number of nitrogens with one attached hydrogen (secondary N) is 6. The predicted octanol–water partition coefficient (Wildman–Crippen LogP) is 8.10. The molecule has 7 heterocycles. The van der Waals surface area contributed by atoms with Crippen LogP contribution in [0.25, 0.3) is 33.1 Å². The fourth-order valence-electron chi connectivity index (χ4n) is 5.56. The molecule has 0 unspecified atom stereocenters. The van der Waals surface area contributed by atoms with Crippen LogP contribution in [0.15, 0.2) is 49.2 Å². The van der Waals surface area contributed by atoms with Gasteiger partial charge in [-0.2, -0.15) is 25.0 Å². The number of nitrogens with two attached hydrogens (primary N) is 1. The number of nitrogens with zero attached hydrogens (tertiary/aromatic N) is 8. The number of aromatic nitrogens is 11. The van der Waals surface area contributed by atoms with Crippen LogP contribution in [-0.4, -0.2) is 72.8 Å². The predicted molar refractivity (Wildman–Crippen MR) is 223 cm³/mol. The maximum absolute atomic E-state index is 5.84. The van der Waals surface area contributed by atoms with Crippen molar-refractivity contribution in [3.63, 3.8) is 0 Å². The van der Waals surface area contributed by atoms with E-state index in [-0.39, 0.29) is 31.5 Å². The molecule has 0 radical (unpaired) electrons. The molecule has 0 aromatic carbocycles. The van der Waals surface area contributed by atoms with Gasteiger partial charge in [0, 0.05) is 50.0 Å². The highest BCUT2D eigenvalue weighted by Crippen LogP contribution is 2.29. The first-order valence-electron chi connectivity index (χ1n) is 17.3. The minimum Gasteiger partial charge on any atom is -0.813 e. The Morgan fingerprint density at radius 2 is 1.17 bits per heavy atom. The number of thiol groups is 1. The van der Waals surface area contributed by atoms with Crippen LogP contribution in [0.5, 0.6) is 0 Å². The van der Waals surface area contributed by atoms with Crippen LogP contribution in [0.1, 0.15) is 65.2 Å². The Kier molecular flexibility index (Phi) is 14.2. The van der Waals surface area contributed by atoms with E-state index < -0.39 is 0 Å². The molecule has 0 saturated heterocycles. The van der Waals surface area contributed by atoms with Gasteiger partial charge in [0.15, 0.2) is 0 Å². The van der Waals surface area contributed by atoms with Crippen molar-refractivity contribution in [2.75, 3.05) is 16.0 Å². The lowest BCUT2D eigenvalue weighted by molar-refractivity contribution is 0.418. The summed E-state index contributed by atoms with van der Waals surface area (Å²) in [7, 11) is 1.88. The highest BCUT2D eigenvalue weighted by molar-refractivity contribution is 7.37. The first-order valence-corrected chi connectivity index (χ1v) is 18.5. The second kappa shape index (κ2) is 18.8. The van der Waals surface area contributed by atoms with Crippen LogP contribution in [0.4, 0.5) is 23.3 Å². The molecule has 0 atom stereocenters. The van der Waals surface area contributed by atoms with Crippen LogP contribution in [-0.2, 0) is 20.5 Å². The van der Waals surface area contributed by atoms with Crippen molar-refractivity contribution < 1.29 is 0 Å². The third-order valence-electron chi connectivity index (χ3n) is 9.15. The van der Waals surface area contributed by atoms with Gasteiger partial charge < -0.3 is 50.1 Å². The first kappa shape index (κ1) is 40.8. The summed E-state index contributed by atoms with van der Waals surface area (Å²) in [5.74, 6) is 2.30. The van der Waals surface area contributed by atoms with E-state index in [9.17, 15) is 0 Å². The molecule has 15 nitrogen and oxygen atoms in total. The van der Waals surface area contributed by atoms with Crippen LogP contribution in [0.2, 0.25) is 15.7 Å².